The standard InChI is InChI=1S/C16H14F3NS/c17-11-3-4-16-13(7-11)15(5-6-21-16)20-9-10-1-2-12(18)8-14(10)19/h1-4,7-8,15,20H,5-6,9H2. The molecule has 1 aliphatic rings. The normalized spacial score (nSPS) is 17.6. The Bertz CT molecular complexity index is 660. The fourth-order valence-corrected chi connectivity index (χ4v) is 3.58. The van der Waals surface area contributed by atoms with Gasteiger partial charge in [-0.25, -0.2) is 13.2 Å². The van der Waals surface area contributed by atoms with Gasteiger partial charge >= 0.3 is 0 Å². The molecule has 2 aromatic carbocycles. The highest BCUT2D eigenvalue weighted by Crippen LogP contribution is 2.36. The number of benzene rings is 2. The molecule has 0 amide bonds. The van der Waals surface area contributed by atoms with Gasteiger partial charge in [0.25, 0.3) is 0 Å². The molecule has 0 aliphatic carbocycles. The summed E-state index contributed by atoms with van der Waals surface area (Å²) in [6, 6.07) is 8.30. The average molecular weight is 309 g/mol. The van der Waals surface area contributed by atoms with Crippen molar-refractivity contribution in [1.29, 1.82) is 0 Å². The molecule has 1 unspecified atom stereocenters. The molecule has 21 heavy (non-hydrogen) atoms. The Hall–Kier alpha value is -1.46. The summed E-state index contributed by atoms with van der Waals surface area (Å²) in [6.07, 6.45) is 0.851. The highest BCUT2D eigenvalue weighted by Gasteiger charge is 2.21. The van der Waals surface area contributed by atoms with Crippen LogP contribution in [0.5, 0.6) is 0 Å². The van der Waals surface area contributed by atoms with Crippen molar-refractivity contribution in [3.63, 3.8) is 0 Å². The maximum atomic E-state index is 13.6. The highest BCUT2D eigenvalue weighted by atomic mass is 32.2. The topological polar surface area (TPSA) is 12.0 Å². The second kappa shape index (κ2) is 6.12. The largest absolute Gasteiger partial charge is 0.306 e. The fourth-order valence-electron chi connectivity index (χ4n) is 2.48. The van der Waals surface area contributed by atoms with Gasteiger partial charge in [0.15, 0.2) is 0 Å². The molecule has 1 heterocycles. The molecule has 5 heteroatoms. The molecule has 0 saturated heterocycles. The van der Waals surface area contributed by atoms with E-state index in [1.165, 1.54) is 24.3 Å². The van der Waals surface area contributed by atoms with Crippen molar-refractivity contribution in [3.05, 3.63) is 65.0 Å². The third-order valence-electron chi connectivity index (χ3n) is 3.57. The monoisotopic (exact) mass is 309 g/mol. The molecule has 1 atom stereocenters. The second-order valence-corrected chi connectivity index (χ2v) is 6.13. The number of thioether (sulfide) groups is 1. The number of hydrogen-bond donors (Lipinski definition) is 1. The van der Waals surface area contributed by atoms with Crippen LogP contribution in [0.1, 0.15) is 23.6 Å². The van der Waals surface area contributed by atoms with Gasteiger partial charge in [0.2, 0.25) is 0 Å². The Labute approximate surface area is 125 Å². The minimum atomic E-state index is -0.585. The first-order valence-electron chi connectivity index (χ1n) is 6.73. The zero-order valence-electron chi connectivity index (χ0n) is 11.2. The van der Waals surface area contributed by atoms with Gasteiger partial charge in [-0.3, -0.25) is 0 Å². The van der Waals surface area contributed by atoms with Crippen LogP contribution in [0.3, 0.4) is 0 Å². The zero-order valence-corrected chi connectivity index (χ0v) is 12.0. The number of nitrogens with one attached hydrogen (secondary N) is 1. The summed E-state index contributed by atoms with van der Waals surface area (Å²) in [5.41, 5.74) is 1.32. The van der Waals surface area contributed by atoms with Crippen molar-refractivity contribution in [1.82, 2.24) is 5.32 Å². The van der Waals surface area contributed by atoms with Crippen molar-refractivity contribution >= 4 is 11.8 Å². The van der Waals surface area contributed by atoms with E-state index in [0.717, 1.165) is 28.7 Å². The van der Waals surface area contributed by atoms with Gasteiger partial charge < -0.3 is 5.32 Å². The predicted molar refractivity (Wildman–Crippen MR) is 77.7 cm³/mol. The van der Waals surface area contributed by atoms with E-state index in [9.17, 15) is 13.2 Å². The molecule has 2 aromatic rings. The van der Waals surface area contributed by atoms with Crippen molar-refractivity contribution in [2.75, 3.05) is 5.75 Å². The summed E-state index contributed by atoms with van der Waals surface area (Å²) >= 11 is 1.70. The molecule has 1 nitrogen and oxygen atoms in total. The van der Waals surface area contributed by atoms with Crippen molar-refractivity contribution in [2.24, 2.45) is 0 Å². The Morgan fingerprint density at radius 2 is 1.81 bits per heavy atom. The SMILES string of the molecule is Fc1ccc(CNC2CCSc3ccc(F)cc32)c(F)c1. The molecule has 0 bridgehead atoms. The van der Waals surface area contributed by atoms with Gasteiger partial charge in [0, 0.05) is 29.1 Å². The number of fused-ring (bicyclic) bond motifs is 1. The molecule has 3 rings (SSSR count). The molecule has 1 N–H and O–H groups in total. The van der Waals surface area contributed by atoms with E-state index in [4.69, 9.17) is 0 Å². The Kier molecular flexibility index (Phi) is 4.22. The lowest BCUT2D eigenvalue weighted by molar-refractivity contribution is 0.490. The number of hydrogen-bond acceptors (Lipinski definition) is 2. The summed E-state index contributed by atoms with van der Waals surface area (Å²) < 4.78 is 39.9. The minimum absolute atomic E-state index is 0.0126. The van der Waals surface area contributed by atoms with Gasteiger partial charge in [0.05, 0.1) is 0 Å². The Morgan fingerprint density at radius 3 is 2.62 bits per heavy atom. The third-order valence-corrected chi connectivity index (χ3v) is 4.69. The first-order chi connectivity index (χ1) is 10.1. The predicted octanol–water partition coefficient (Wildman–Crippen LogP) is 4.43. The second-order valence-electron chi connectivity index (χ2n) is 4.99. The van der Waals surface area contributed by atoms with E-state index in [1.54, 1.807) is 17.8 Å². The van der Waals surface area contributed by atoms with Gasteiger partial charge in [0.1, 0.15) is 17.5 Å². The van der Waals surface area contributed by atoms with Crippen LogP contribution in [-0.4, -0.2) is 5.75 Å². The first-order valence-corrected chi connectivity index (χ1v) is 7.71. The molecule has 0 spiro atoms. The number of rotatable bonds is 3. The molecule has 0 saturated carbocycles. The first kappa shape index (κ1) is 14.5. The van der Waals surface area contributed by atoms with E-state index in [2.05, 4.69) is 5.32 Å². The smallest absolute Gasteiger partial charge is 0.130 e. The van der Waals surface area contributed by atoms with Crippen molar-refractivity contribution < 1.29 is 13.2 Å². The molecular weight excluding hydrogens is 295 g/mol. The van der Waals surface area contributed by atoms with E-state index in [-0.39, 0.29) is 18.4 Å². The van der Waals surface area contributed by atoms with Gasteiger partial charge in [-0.05, 0) is 42.0 Å². The lowest BCUT2D eigenvalue weighted by Gasteiger charge is -2.26. The van der Waals surface area contributed by atoms with Gasteiger partial charge in [-0.1, -0.05) is 6.07 Å². The quantitative estimate of drug-likeness (QED) is 0.900. The van der Waals surface area contributed by atoms with E-state index in [0.29, 0.717) is 5.56 Å². The van der Waals surface area contributed by atoms with Crippen LogP contribution >= 0.6 is 11.8 Å². The van der Waals surface area contributed by atoms with Gasteiger partial charge in [-0.15, -0.1) is 11.8 Å². The summed E-state index contributed by atoms with van der Waals surface area (Å²) in [4.78, 5) is 1.06. The van der Waals surface area contributed by atoms with Crippen LogP contribution in [0.2, 0.25) is 0 Å². The maximum absolute atomic E-state index is 13.6. The molecular formula is C16H14F3NS. The average Bonchev–Trinajstić information content (AvgIpc) is 2.46. The van der Waals surface area contributed by atoms with Crippen LogP contribution in [0.25, 0.3) is 0 Å². The Balaban J connectivity index is 1.76. The molecule has 0 radical (unpaired) electrons. The van der Waals surface area contributed by atoms with Crippen LogP contribution in [0.4, 0.5) is 13.2 Å². The zero-order chi connectivity index (χ0) is 14.8. The molecule has 0 fully saturated rings. The summed E-state index contributed by atoms with van der Waals surface area (Å²) in [7, 11) is 0. The summed E-state index contributed by atoms with van der Waals surface area (Å²) in [5.74, 6) is -0.483. The lowest BCUT2D eigenvalue weighted by atomic mass is 10.0. The summed E-state index contributed by atoms with van der Waals surface area (Å²) in [6.45, 7) is 0.289. The molecule has 1 aliphatic heterocycles. The van der Waals surface area contributed by atoms with Crippen LogP contribution < -0.4 is 5.32 Å². The van der Waals surface area contributed by atoms with E-state index in [1.807, 2.05) is 0 Å². The Morgan fingerprint density at radius 1 is 1.05 bits per heavy atom. The molecule has 0 aromatic heterocycles. The van der Waals surface area contributed by atoms with Crippen LogP contribution in [0.15, 0.2) is 41.3 Å². The van der Waals surface area contributed by atoms with Crippen molar-refractivity contribution in [2.45, 2.75) is 23.9 Å². The fraction of sp³-hybridized carbons (Fsp3) is 0.250. The maximum Gasteiger partial charge on any atom is 0.130 e. The van der Waals surface area contributed by atoms with E-state index >= 15 is 0 Å². The van der Waals surface area contributed by atoms with Crippen LogP contribution in [-0.2, 0) is 6.54 Å². The summed E-state index contributed by atoms with van der Waals surface area (Å²) in [5, 5.41) is 3.24. The molecule has 110 valence electrons. The minimum Gasteiger partial charge on any atom is -0.306 e. The van der Waals surface area contributed by atoms with Crippen molar-refractivity contribution in [3.8, 4) is 0 Å². The van der Waals surface area contributed by atoms with Gasteiger partial charge in [-0.2, -0.15) is 0 Å². The third kappa shape index (κ3) is 3.24. The lowest BCUT2D eigenvalue weighted by Crippen LogP contribution is -2.24. The van der Waals surface area contributed by atoms with Crippen LogP contribution in [0, 0.1) is 17.5 Å². The van der Waals surface area contributed by atoms with E-state index < -0.39 is 11.6 Å². The highest BCUT2D eigenvalue weighted by molar-refractivity contribution is 7.99. The number of halogens is 3.